The molecule has 2 N–H and O–H groups in total. The average molecular weight is 402 g/mol. The molecule has 0 saturated carbocycles. The summed E-state index contributed by atoms with van der Waals surface area (Å²) in [5.41, 5.74) is 0.881. The van der Waals surface area contributed by atoms with Crippen molar-refractivity contribution in [2.45, 2.75) is 6.92 Å². The van der Waals surface area contributed by atoms with Gasteiger partial charge in [-0.1, -0.05) is 6.07 Å². The van der Waals surface area contributed by atoms with Crippen LogP contribution in [0.1, 0.15) is 6.92 Å². The zero-order valence-corrected chi connectivity index (χ0v) is 14.2. The van der Waals surface area contributed by atoms with E-state index in [4.69, 9.17) is 4.74 Å². The van der Waals surface area contributed by atoms with Crippen LogP contribution in [0.2, 0.25) is 0 Å². The Morgan fingerprint density at radius 1 is 1.15 bits per heavy atom. The van der Waals surface area contributed by atoms with E-state index in [-0.39, 0.29) is 0 Å². The second kappa shape index (κ2) is 6.90. The summed E-state index contributed by atoms with van der Waals surface area (Å²) in [4.78, 5) is 8.42. The van der Waals surface area contributed by atoms with E-state index in [1.165, 1.54) is 6.33 Å². The normalized spacial score (nSPS) is 10.2. The first-order valence-corrected chi connectivity index (χ1v) is 7.59. The van der Waals surface area contributed by atoms with Gasteiger partial charge in [0, 0.05) is 15.5 Å². The van der Waals surface area contributed by atoms with Crippen molar-refractivity contribution in [3.8, 4) is 5.75 Å². The zero-order chi connectivity index (χ0) is 14.5. The van der Waals surface area contributed by atoms with Gasteiger partial charge in [0.05, 0.1) is 12.8 Å². The van der Waals surface area contributed by atoms with Crippen LogP contribution in [0.4, 0.5) is 17.3 Å². The molecular formula is C13H14Br2N4O. The van der Waals surface area contributed by atoms with Crippen LogP contribution in [-0.2, 0) is 0 Å². The van der Waals surface area contributed by atoms with Crippen LogP contribution in [0.3, 0.4) is 0 Å². The summed E-state index contributed by atoms with van der Waals surface area (Å²) in [6.07, 6.45) is 1.49. The predicted octanol–water partition coefficient (Wildman–Crippen LogP) is 4.19. The van der Waals surface area contributed by atoms with Gasteiger partial charge < -0.3 is 15.4 Å². The third-order valence-corrected chi connectivity index (χ3v) is 3.88. The van der Waals surface area contributed by atoms with Crippen LogP contribution in [0.5, 0.6) is 5.75 Å². The van der Waals surface area contributed by atoms with Crippen molar-refractivity contribution in [1.82, 2.24) is 9.97 Å². The van der Waals surface area contributed by atoms with Crippen LogP contribution < -0.4 is 15.4 Å². The van der Waals surface area contributed by atoms with E-state index < -0.39 is 0 Å². The fourth-order valence-electron chi connectivity index (χ4n) is 1.69. The van der Waals surface area contributed by atoms with Gasteiger partial charge >= 0.3 is 0 Å². The molecule has 0 aliphatic carbocycles. The van der Waals surface area contributed by atoms with Crippen molar-refractivity contribution in [3.05, 3.63) is 33.5 Å². The first kappa shape index (κ1) is 15.1. The van der Waals surface area contributed by atoms with Gasteiger partial charge in [0.25, 0.3) is 0 Å². The van der Waals surface area contributed by atoms with Gasteiger partial charge in [-0.2, -0.15) is 0 Å². The minimum Gasteiger partial charge on any atom is -0.490 e. The highest BCUT2D eigenvalue weighted by Crippen LogP contribution is 2.37. The summed E-state index contributed by atoms with van der Waals surface area (Å²) in [5.74, 6) is 1.85. The summed E-state index contributed by atoms with van der Waals surface area (Å²) in [6.45, 7) is 2.75. The van der Waals surface area contributed by atoms with Crippen molar-refractivity contribution < 1.29 is 4.74 Å². The predicted molar refractivity (Wildman–Crippen MR) is 87.9 cm³/mol. The SMILES string of the molecule is CCNc1ncnc(Nc2c(Br)cccc2Br)c1OC. The number of rotatable bonds is 5. The maximum Gasteiger partial charge on any atom is 0.204 e. The number of methoxy groups -OCH3 is 1. The zero-order valence-electron chi connectivity index (χ0n) is 11.1. The Hall–Kier alpha value is -1.34. The van der Waals surface area contributed by atoms with Crippen molar-refractivity contribution in [2.24, 2.45) is 0 Å². The molecule has 2 rings (SSSR count). The summed E-state index contributed by atoms with van der Waals surface area (Å²) < 4.78 is 7.26. The Morgan fingerprint density at radius 3 is 2.40 bits per heavy atom. The Kier molecular flexibility index (Phi) is 5.19. The topological polar surface area (TPSA) is 59.1 Å². The van der Waals surface area contributed by atoms with E-state index in [0.29, 0.717) is 17.4 Å². The molecule has 1 heterocycles. The largest absolute Gasteiger partial charge is 0.490 e. The summed E-state index contributed by atoms with van der Waals surface area (Å²) in [5, 5.41) is 6.39. The van der Waals surface area contributed by atoms with Crippen molar-refractivity contribution >= 4 is 49.2 Å². The average Bonchev–Trinajstić information content (AvgIpc) is 2.43. The van der Waals surface area contributed by atoms with Gasteiger partial charge in [-0.3, -0.25) is 0 Å². The van der Waals surface area contributed by atoms with Gasteiger partial charge in [-0.15, -0.1) is 0 Å². The second-order valence-electron chi connectivity index (χ2n) is 3.86. The number of nitrogens with one attached hydrogen (secondary N) is 2. The molecule has 0 radical (unpaired) electrons. The van der Waals surface area contributed by atoms with E-state index >= 15 is 0 Å². The molecule has 0 aliphatic heterocycles. The highest BCUT2D eigenvalue weighted by Gasteiger charge is 2.14. The number of halogens is 2. The molecule has 1 aromatic carbocycles. The number of nitrogens with zero attached hydrogens (tertiary/aromatic N) is 2. The summed E-state index contributed by atoms with van der Waals surface area (Å²) in [6, 6.07) is 5.85. The highest BCUT2D eigenvalue weighted by atomic mass is 79.9. The van der Waals surface area contributed by atoms with Crippen LogP contribution in [0, 0.1) is 0 Å². The molecule has 0 aliphatic rings. The third kappa shape index (κ3) is 3.21. The maximum atomic E-state index is 5.40. The lowest BCUT2D eigenvalue weighted by atomic mass is 10.3. The third-order valence-electron chi connectivity index (χ3n) is 2.56. The Morgan fingerprint density at radius 2 is 1.80 bits per heavy atom. The van der Waals surface area contributed by atoms with E-state index in [0.717, 1.165) is 21.2 Å². The van der Waals surface area contributed by atoms with Crippen molar-refractivity contribution in [2.75, 3.05) is 24.3 Å². The van der Waals surface area contributed by atoms with Crippen LogP contribution in [-0.4, -0.2) is 23.6 Å². The molecule has 2 aromatic rings. The van der Waals surface area contributed by atoms with Crippen molar-refractivity contribution in [1.29, 1.82) is 0 Å². The standard InChI is InChI=1S/C13H14Br2N4O/c1-3-16-12-11(20-2)13(18-7-17-12)19-10-8(14)5-4-6-9(10)15/h4-7H,3H2,1-2H3,(H2,16,17,18,19). The quantitative estimate of drug-likeness (QED) is 0.786. The highest BCUT2D eigenvalue weighted by molar-refractivity contribution is 9.11. The fourth-order valence-corrected chi connectivity index (χ4v) is 2.88. The molecule has 0 fully saturated rings. The van der Waals surface area contributed by atoms with Crippen LogP contribution in [0.25, 0.3) is 0 Å². The molecule has 0 amide bonds. The van der Waals surface area contributed by atoms with E-state index in [2.05, 4.69) is 52.5 Å². The molecule has 5 nitrogen and oxygen atoms in total. The minimum atomic E-state index is 0.581. The van der Waals surface area contributed by atoms with E-state index in [1.54, 1.807) is 7.11 Å². The van der Waals surface area contributed by atoms with Crippen molar-refractivity contribution in [3.63, 3.8) is 0 Å². The number of aromatic nitrogens is 2. The molecule has 0 unspecified atom stereocenters. The first-order chi connectivity index (χ1) is 9.67. The smallest absolute Gasteiger partial charge is 0.204 e. The molecular weight excluding hydrogens is 388 g/mol. The van der Waals surface area contributed by atoms with Crippen LogP contribution >= 0.6 is 31.9 Å². The number of hydrogen-bond acceptors (Lipinski definition) is 5. The van der Waals surface area contributed by atoms with E-state index in [1.807, 2.05) is 25.1 Å². The molecule has 0 spiro atoms. The Labute approximate surface area is 134 Å². The molecule has 20 heavy (non-hydrogen) atoms. The molecule has 7 heteroatoms. The Balaban J connectivity index is 2.41. The lowest BCUT2D eigenvalue weighted by Crippen LogP contribution is -2.06. The lowest BCUT2D eigenvalue weighted by molar-refractivity contribution is 0.415. The number of benzene rings is 1. The van der Waals surface area contributed by atoms with Gasteiger partial charge in [0.1, 0.15) is 6.33 Å². The molecule has 0 saturated heterocycles. The molecule has 0 bridgehead atoms. The Bertz CT molecular complexity index is 587. The fraction of sp³-hybridized carbons (Fsp3) is 0.231. The van der Waals surface area contributed by atoms with Gasteiger partial charge in [-0.25, -0.2) is 9.97 Å². The lowest BCUT2D eigenvalue weighted by Gasteiger charge is -2.15. The summed E-state index contributed by atoms with van der Waals surface area (Å²) >= 11 is 7.02. The number of para-hydroxylation sites is 1. The monoisotopic (exact) mass is 400 g/mol. The van der Waals surface area contributed by atoms with E-state index in [9.17, 15) is 0 Å². The second-order valence-corrected chi connectivity index (χ2v) is 5.56. The first-order valence-electron chi connectivity index (χ1n) is 6.01. The maximum absolute atomic E-state index is 5.40. The van der Waals surface area contributed by atoms with Gasteiger partial charge in [0.15, 0.2) is 11.6 Å². The molecule has 106 valence electrons. The van der Waals surface area contributed by atoms with Gasteiger partial charge in [0.2, 0.25) is 5.75 Å². The number of ether oxygens (including phenoxy) is 1. The molecule has 0 atom stereocenters. The van der Waals surface area contributed by atoms with Crippen LogP contribution in [0.15, 0.2) is 33.5 Å². The summed E-state index contributed by atoms with van der Waals surface area (Å²) in [7, 11) is 1.60. The number of hydrogen-bond donors (Lipinski definition) is 2. The minimum absolute atomic E-state index is 0.581. The van der Waals surface area contributed by atoms with Gasteiger partial charge in [-0.05, 0) is 50.9 Å². The number of anilines is 3. The molecule has 1 aromatic heterocycles.